The molecule has 3 rings (SSSR count). The molecule has 1 aromatic carbocycles. The number of carbonyl (C=O) groups is 2. The third-order valence-corrected chi connectivity index (χ3v) is 4.68. The number of amides is 1. The fraction of sp³-hybridized carbons (Fsp3) is 0.412. The number of aliphatic carboxylic acids is 1. The zero-order valence-electron chi connectivity index (χ0n) is 13.8. The van der Waals surface area contributed by atoms with Crippen LogP contribution in [0.5, 0.6) is 0 Å². The Hall–Kier alpha value is -2.90. The highest BCUT2D eigenvalue weighted by molar-refractivity contribution is 5.97. The van der Waals surface area contributed by atoms with Crippen LogP contribution < -0.4 is 11.2 Å². The van der Waals surface area contributed by atoms with Crippen LogP contribution in [0.3, 0.4) is 0 Å². The molecule has 2 N–H and O–H groups in total. The van der Waals surface area contributed by atoms with Crippen molar-refractivity contribution in [3.63, 3.8) is 0 Å². The van der Waals surface area contributed by atoms with Crippen LogP contribution in [0.4, 0.5) is 0 Å². The third-order valence-electron chi connectivity index (χ3n) is 4.68. The quantitative estimate of drug-likeness (QED) is 0.848. The molecule has 2 heterocycles. The standard InChI is InChI=1S/C17H19N3O5/c1-2-20-15(22)12-4-3-11(9-13(12)18-17(20)25)14(21)19-7-5-10(6-8-19)16(23)24/h3-4,9-10H,2,5-8H2,1H3,(H,18,25)(H,23,24). The van der Waals surface area contributed by atoms with E-state index in [1.165, 1.54) is 12.1 Å². The molecule has 25 heavy (non-hydrogen) atoms. The van der Waals surface area contributed by atoms with Crippen LogP contribution in [0.15, 0.2) is 27.8 Å². The molecule has 1 aliphatic rings. The van der Waals surface area contributed by atoms with Crippen molar-refractivity contribution < 1.29 is 14.7 Å². The Balaban J connectivity index is 1.90. The summed E-state index contributed by atoms with van der Waals surface area (Å²) in [5.74, 6) is -1.47. The van der Waals surface area contributed by atoms with Crippen LogP contribution >= 0.6 is 0 Å². The minimum atomic E-state index is -0.831. The molecule has 1 aromatic heterocycles. The average Bonchev–Trinajstić information content (AvgIpc) is 2.61. The number of nitrogens with one attached hydrogen (secondary N) is 1. The van der Waals surface area contributed by atoms with Gasteiger partial charge in [-0.05, 0) is 38.0 Å². The van der Waals surface area contributed by atoms with Gasteiger partial charge in [0, 0.05) is 25.2 Å². The van der Waals surface area contributed by atoms with E-state index in [2.05, 4.69) is 4.98 Å². The SMILES string of the molecule is CCn1c(=O)[nH]c2cc(C(=O)N3CCC(C(=O)O)CC3)ccc2c1=O. The van der Waals surface area contributed by atoms with Crippen LogP contribution in [0, 0.1) is 5.92 Å². The molecule has 132 valence electrons. The molecule has 0 bridgehead atoms. The smallest absolute Gasteiger partial charge is 0.328 e. The van der Waals surface area contributed by atoms with E-state index in [9.17, 15) is 19.2 Å². The molecular weight excluding hydrogens is 326 g/mol. The number of piperidine rings is 1. The molecule has 1 saturated heterocycles. The number of benzene rings is 1. The van der Waals surface area contributed by atoms with Crippen molar-refractivity contribution >= 4 is 22.8 Å². The van der Waals surface area contributed by atoms with Crippen molar-refractivity contribution in [3.8, 4) is 0 Å². The number of rotatable bonds is 3. The average molecular weight is 345 g/mol. The van der Waals surface area contributed by atoms with Gasteiger partial charge in [0.1, 0.15) is 0 Å². The third kappa shape index (κ3) is 3.07. The second-order valence-corrected chi connectivity index (χ2v) is 6.14. The molecule has 0 radical (unpaired) electrons. The molecule has 0 saturated carbocycles. The molecule has 0 atom stereocenters. The number of fused-ring (bicyclic) bond motifs is 1. The van der Waals surface area contributed by atoms with Gasteiger partial charge >= 0.3 is 11.7 Å². The summed E-state index contributed by atoms with van der Waals surface area (Å²) < 4.78 is 1.10. The summed E-state index contributed by atoms with van der Waals surface area (Å²) in [6.45, 7) is 2.73. The molecule has 8 heteroatoms. The van der Waals surface area contributed by atoms with Gasteiger partial charge < -0.3 is 15.0 Å². The van der Waals surface area contributed by atoms with E-state index in [1.807, 2.05) is 0 Å². The molecule has 1 fully saturated rings. The van der Waals surface area contributed by atoms with Crippen molar-refractivity contribution in [1.29, 1.82) is 0 Å². The van der Waals surface area contributed by atoms with E-state index in [4.69, 9.17) is 5.11 Å². The largest absolute Gasteiger partial charge is 0.481 e. The summed E-state index contributed by atoms with van der Waals surface area (Å²) in [5.41, 5.74) is -0.203. The van der Waals surface area contributed by atoms with Crippen molar-refractivity contribution in [1.82, 2.24) is 14.5 Å². The van der Waals surface area contributed by atoms with E-state index in [0.29, 0.717) is 42.4 Å². The highest BCUT2D eigenvalue weighted by atomic mass is 16.4. The minimum Gasteiger partial charge on any atom is -0.481 e. The van der Waals surface area contributed by atoms with Gasteiger partial charge in [0.05, 0.1) is 16.8 Å². The lowest BCUT2D eigenvalue weighted by Crippen LogP contribution is -2.40. The summed E-state index contributed by atoms with van der Waals surface area (Å²) in [5, 5.41) is 9.37. The van der Waals surface area contributed by atoms with Gasteiger partial charge in [0.25, 0.3) is 11.5 Å². The monoisotopic (exact) mass is 345 g/mol. The lowest BCUT2D eigenvalue weighted by molar-refractivity contribution is -0.143. The summed E-state index contributed by atoms with van der Waals surface area (Å²) >= 11 is 0. The minimum absolute atomic E-state index is 0.230. The Labute approximate surface area is 142 Å². The molecule has 2 aromatic rings. The molecule has 8 nitrogen and oxygen atoms in total. The van der Waals surface area contributed by atoms with E-state index in [-0.39, 0.29) is 18.0 Å². The fourth-order valence-corrected chi connectivity index (χ4v) is 3.19. The fourth-order valence-electron chi connectivity index (χ4n) is 3.19. The first kappa shape index (κ1) is 16.9. The first-order valence-electron chi connectivity index (χ1n) is 8.21. The van der Waals surface area contributed by atoms with Crippen LogP contribution in [-0.4, -0.2) is 44.5 Å². The number of carboxylic acids is 1. The van der Waals surface area contributed by atoms with Gasteiger partial charge in [0.2, 0.25) is 0 Å². The van der Waals surface area contributed by atoms with Gasteiger partial charge in [-0.1, -0.05) is 0 Å². The Kier molecular flexibility index (Phi) is 4.43. The zero-order valence-corrected chi connectivity index (χ0v) is 13.8. The maximum atomic E-state index is 12.6. The highest BCUT2D eigenvalue weighted by Gasteiger charge is 2.27. The highest BCUT2D eigenvalue weighted by Crippen LogP contribution is 2.20. The Bertz CT molecular complexity index is 951. The second kappa shape index (κ2) is 6.54. The summed E-state index contributed by atoms with van der Waals surface area (Å²) in [6, 6.07) is 4.61. The van der Waals surface area contributed by atoms with Crippen molar-refractivity contribution in [2.75, 3.05) is 13.1 Å². The number of aromatic nitrogens is 2. The number of hydrogen-bond acceptors (Lipinski definition) is 4. The van der Waals surface area contributed by atoms with Gasteiger partial charge in [-0.2, -0.15) is 0 Å². The molecule has 0 unspecified atom stereocenters. The number of aromatic amines is 1. The molecule has 1 aliphatic heterocycles. The Morgan fingerprint density at radius 1 is 1.24 bits per heavy atom. The normalized spacial score (nSPS) is 15.5. The van der Waals surface area contributed by atoms with E-state index >= 15 is 0 Å². The maximum absolute atomic E-state index is 12.6. The number of likely N-dealkylation sites (tertiary alicyclic amines) is 1. The van der Waals surface area contributed by atoms with Gasteiger partial charge in [-0.25, -0.2) is 4.79 Å². The van der Waals surface area contributed by atoms with Crippen molar-refractivity contribution in [2.24, 2.45) is 5.92 Å². The summed E-state index contributed by atoms with van der Waals surface area (Å²) in [4.78, 5) is 52.0. The number of carboxylic acid groups (broad SMARTS) is 1. The first-order chi connectivity index (χ1) is 11.9. The van der Waals surface area contributed by atoms with Crippen molar-refractivity contribution in [2.45, 2.75) is 26.3 Å². The van der Waals surface area contributed by atoms with Gasteiger partial charge in [0.15, 0.2) is 0 Å². The van der Waals surface area contributed by atoms with E-state index < -0.39 is 17.6 Å². The molecule has 0 aliphatic carbocycles. The zero-order chi connectivity index (χ0) is 18.1. The lowest BCUT2D eigenvalue weighted by Gasteiger charge is -2.30. The summed E-state index contributed by atoms with van der Waals surface area (Å²) in [7, 11) is 0. The predicted molar refractivity (Wildman–Crippen MR) is 90.8 cm³/mol. The van der Waals surface area contributed by atoms with Crippen molar-refractivity contribution in [3.05, 3.63) is 44.6 Å². The van der Waals surface area contributed by atoms with Gasteiger partial charge in [-0.15, -0.1) is 0 Å². The lowest BCUT2D eigenvalue weighted by atomic mass is 9.96. The van der Waals surface area contributed by atoms with Crippen LogP contribution in [0.25, 0.3) is 10.9 Å². The number of H-pyrrole nitrogens is 1. The summed E-state index contributed by atoms with van der Waals surface area (Å²) in [6.07, 6.45) is 0.847. The van der Waals surface area contributed by atoms with E-state index in [1.54, 1.807) is 17.9 Å². The number of carbonyl (C=O) groups excluding carboxylic acids is 1. The second-order valence-electron chi connectivity index (χ2n) is 6.14. The molecule has 1 amide bonds. The van der Waals surface area contributed by atoms with Crippen LogP contribution in [0.2, 0.25) is 0 Å². The molecule has 0 spiro atoms. The number of nitrogens with zero attached hydrogens (tertiary/aromatic N) is 2. The van der Waals surface area contributed by atoms with Gasteiger partial charge in [-0.3, -0.25) is 19.0 Å². The maximum Gasteiger partial charge on any atom is 0.328 e. The topological polar surface area (TPSA) is 112 Å². The number of hydrogen-bond donors (Lipinski definition) is 2. The predicted octanol–water partition coefficient (Wildman–Crippen LogP) is 0.646. The first-order valence-corrected chi connectivity index (χ1v) is 8.21. The van der Waals surface area contributed by atoms with Crippen LogP contribution in [0.1, 0.15) is 30.1 Å². The van der Waals surface area contributed by atoms with E-state index in [0.717, 1.165) is 4.57 Å². The molecular formula is C17H19N3O5. The van der Waals surface area contributed by atoms with Crippen LogP contribution in [-0.2, 0) is 11.3 Å². The Morgan fingerprint density at radius 3 is 2.52 bits per heavy atom. The Morgan fingerprint density at radius 2 is 1.92 bits per heavy atom.